The van der Waals surface area contributed by atoms with Gasteiger partial charge in [0.15, 0.2) is 5.82 Å². The average molecular weight is 325 g/mol. The van der Waals surface area contributed by atoms with E-state index in [0.717, 1.165) is 11.4 Å². The molecule has 3 rings (SSSR count). The van der Waals surface area contributed by atoms with Crippen molar-refractivity contribution in [3.05, 3.63) is 46.2 Å². The minimum atomic E-state index is -0.256. The monoisotopic (exact) mass is 324 g/mol. The van der Waals surface area contributed by atoms with Crippen molar-refractivity contribution in [2.75, 3.05) is 0 Å². The molecule has 2 aromatic rings. The van der Waals surface area contributed by atoms with Gasteiger partial charge in [0.2, 0.25) is 0 Å². The Morgan fingerprint density at radius 1 is 1.42 bits per heavy atom. The first-order valence-corrected chi connectivity index (χ1v) is 7.06. The summed E-state index contributed by atoms with van der Waals surface area (Å²) in [7, 11) is 0. The van der Waals surface area contributed by atoms with Gasteiger partial charge >= 0.3 is 0 Å². The highest BCUT2D eigenvalue weighted by atomic mass is 79.9. The van der Waals surface area contributed by atoms with Gasteiger partial charge in [0.05, 0.1) is 17.6 Å². The number of hydrogen-bond acceptors (Lipinski definition) is 3. The van der Waals surface area contributed by atoms with Gasteiger partial charge in [-0.2, -0.15) is 5.10 Å². The molecule has 100 valence electrons. The van der Waals surface area contributed by atoms with Crippen LogP contribution in [0.2, 0.25) is 0 Å². The van der Waals surface area contributed by atoms with E-state index in [1.165, 1.54) is 18.9 Å². The molecule has 0 radical (unpaired) electrons. The first-order chi connectivity index (χ1) is 9.22. The summed E-state index contributed by atoms with van der Waals surface area (Å²) >= 11 is 3.25. The molecule has 1 fully saturated rings. The molecule has 6 heteroatoms. The summed E-state index contributed by atoms with van der Waals surface area (Å²) in [6, 6.07) is 5.64. The highest BCUT2D eigenvalue weighted by Gasteiger charge is 2.20. The Labute approximate surface area is 119 Å². The largest absolute Gasteiger partial charge is 0.307 e. The molecule has 1 heterocycles. The summed E-state index contributed by atoms with van der Waals surface area (Å²) in [5.41, 5.74) is 0.853. The number of nitrogens with zero attached hydrogens (tertiary/aromatic N) is 3. The van der Waals surface area contributed by atoms with Crippen molar-refractivity contribution in [2.24, 2.45) is 0 Å². The van der Waals surface area contributed by atoms with Crippen LogP contribution in [-0.2, 0) is 13.1 Å². The third kappa shape index (κ3) is 3.19. The smallest absolute Gasteiger partial charge is 0.164 e. The van der Waals surface area contributed by atoms with E-state index in [-0.39, 0.29) is 5.82 Å². The van der Waals surface area contributed by atoms with Crippen LogP contribution in [0, 0.1) is 5.82 Å². The Bertz CT molecular complexity index is 580. The fourth-order valence-corrected chi connectivity index (χ4v) is 2.25. The molecule has 1 aromatic heterocycles. The zero-order chi connectivity index (χ0) is 13.2. The van der Waals surface area contributed by atoms with Crippen LogP contribution in [0.4, 0.5) is 4.39 Å². The Hall–Kier alpha value is -1.27. The number of halogens is 2. The number of hydrogen-bond donors (Lipinski definition) is 1. The summed E-state index contributed by atoms with van der Waals surface area (Å²) in [6.45, 7) is 1.21. The molecular formula is C13H14BrFN4. The van der Waals surface area contributed by atoms with E-state index in [2.05, 4.69) is 31.3 Å². The first-order valence-electron chi connectivity index (χ1n) is 6.27. The quantitative estimate of drug-likeness (QED) is 0.918. The van der Waals surface area contributed by atoms with Gasteiger partial charge in [-0.3, -0.25) is 0 Å². The van der Waals surface area contributed by atoms with E-state index in [4.69, 9.17) is 0 Å². The Balaban J connectivity index is 1.67. The van der Waals surface area contributed by atoms with Crippen molar-refractivity contribution in [1.29, 1.82) is 0 Å². The molecule has 0 unspecified atom stereocenters. The van der Waals surface area contributed by atoms with E-state index in [1.807, 2.05) is 6.07 Å². The zero-order valence-corrected chi connectivity index (χ0v) is 11.9. The van der Waals surface area contributed by atoms with Crippen LogP contribution in [0.25, 0.3) is 0 Å². The molecule has 19 heavy (non-hydrogen) atoms. The van der Waals surface area contributed by atoms with Crippen LogP contribution in [0.5, 0.6) is 0 Å². The first kappa shape index (κ1) is 12.7. The van der Waals surface area contributed by atoms with Crippen LogP contribution in [0.1, 0.15) is 24.2 Å². The Kier molecular flexibility index (Phi) is 3.61. The van der Waals surface area contributed by atoms with E-state index < -0.39 is 0 Å². The molecule has 0 atom stereocenters. The van der Waals surface area contributed by atoms with Crippen molar-refractivity contribution in [3.8, 4) is 0 Å². The molecule has 1 aromatic carbocycles. The molecule has 1 saturated carbocycles. The molecule has 0 spiro atoms. The minimum Gasteiger partial charge on any atom is -0.307 e. The summed E-state index contributed by atoms with van der Waals surface area (Å²) in [6.07, 6.45) is 4.18. The lowest BCUT2D eigenvalue weighted by Crippen LogP contribution is -2.16. The number of aromatic nitrogens is 3. The molecule has 4 nitrogen and oxygen atoms in total. The van der Waals surface area contributed by atoms with Crippen LogP contribution >= 0.6 is 15.9 Å². The lowest BCUT2D eigenvalue weighted by molar-refractivity contribution is 0.605. The second-order valence-corrected chi connectivity index (χ2v) is 5.52. The maximum atomic E-state index is 13.4. The van der Waals surface area contributed by atoms with E-state index in [9.17, 15) is 4.39 Å². The average Bonchev–Trinajstić information content (AvgIpc) is 3.13. The zero-order valence-electron chi connectivity index (χ0n) is 10.3. The summed E-state index contributed by atoms with van der Waals surface area (Å²) < 4.78 is 15.6. The molecular weight excluding hydrogens is 311 g/mol. The van der Waals surface area contributed by atoms with Crippen molar-refractivity contribution in [3.63, 3.8) is 0 Å². The van der Waals surface area contributed by atoms with Gasteiger partial charge in [0.25, 0.3) is 0 Å². The van der Waals surface area contributed by atoms with E-state index >= 15 is 0 Å². The van der Waals surface area contributed by atoms with Crippen LogP contribution in [-0.4, -0.2) is 20.8 Å². The van der Waals surface area contributed by atoms with Crippen LogP contribution in [0.3, 0.4) is 0 Å². The van der Waals surface area contributed by atoms with Crippen molar-refractivity contribution in [2.45, 2.75) is 32.0 Å². The van der Waals surface area contributed by atoms with Gasteiger partial charge in [-0.15, -0.1) is 0 Å². The number of rotatable bonds is 5. The molecule has 1 N–H and O–H groups in total. The minimum absolute atomic E-state index is 0.256. The predicted molar refractivity (Wildman–Crippen MR) is 73.1 cm³/mol. The van der Waals surface area contributed by atoms with Crippen LogP contribution < -0.4 is 5.32 Å². The Morgan fingerprint density at radius 2 is 2.26 bits per heavy atom. The molecule has 0 aliphatic heterocycles. The third-order valence-corrected chi connectivity index (χ3v) is 3.96. The van der Waals surface area contributed by atoms with E-state index in [1.54, 1.807) is 17.1 Å². The van der Waals surface area contributed by atoms with Gasteiger partial charge in [0.1, 0.15) is 12.1 Å². The number of nitrogens with one attached hydrogen (secondary N) is 1. The predicted octanol–water partition coefficient (Wildman–Crippen LogP) is 2.48. The summed E-state index contributed by atoms with van der Waals surface area (Å²) in [5.74, 6) is 0.521. The van der Waals surface area contributed by atoms with Gasteiger partial charge in [0, 0.05) is 6.04 Å². The fourth-order valence-electron chi connectivity index (χ4n) is 1.86. The van der Waals surface area contributed by atoms with Gasteiger partial charge < -0.3 is 5.32 Å². The Morgan fingerprint density at radius 3 is 3.05 bits per heavy atom. The van der Waals surface area contributed by atoms with Crippen molar-refractivity contribution >= 4 is 15.9 Å². The van der Waals surface area contributed by atoms with Crippen molar-refractivity contribution < 1.29 is 4.39 Å². The van der Waals surface area contributed by atoms with Gasteiger partial charge in [-0.1, -0.05) is 12.1 Å². The lowest BCUT2D eigenvalue weighted by Gasteiger charge is -2.04. The third-order valence-electron chi connectivity index (χ3n) is 3.07. The van der Waals surface area contributed by atoms with Crippen LogP contribution in [0.15, 0.2) is 29.0 Å². The van der Waals surface area contributed by atoms with E-state index in [0.29, 0.717) is 23.6 Å². The topological polar surface area (TPSA) is 42.7 Å². The maximum Gasteiger partial charge on any atom is 0.164 e. The standard InChI is InChI=1S/C13H14BrFN4/c14-13-9(2-1-3-11(13)15)7-19-8-17-12(18-19)6-16-10-4-5-10/h1-3,8,10,16H,4-7H2. The maximum absolute atomic E-state index is 13.4. The second kappa shape index (κ2) is 5.38. The fraction of sp³-hybridized carbons (Fsp3) is 0.385. The van der Waals surface area contributed by atoms with Gasteiger partial charge in [-0.25, -0.2) is 14.1 Å². The molecule has 0 saturated heterocycles. The van der Waals surface area contributed by atoms with Gasteiger partial charge in [-0.05, 0) is 40.4 Å². The normalized spacial score (nSPS) is 14.8. The molecule has 1 aliphatic carbocycles. The summed E-state index contributed by atoms with van der Waals surface area (Å²) in [5, 5.41) is 7.74. The summed E-state index contributed by atoms with van der Waals surface area (Å²) in [4.78, 5) is 4.24. The lowest BCUT2D eigenvalue weighted by atomic mass is 10.2. The SMILES string of the molecule is Fc1cccc(Cn2cnc(CNC3CC3)n2)c1Br. The molecule has 1 aliphatic rings. The number of benzene rings is 1. The molecule has 0 amide bonds. The second-order valence-electron chi connectivity index (χ2n) is 4.73. The van der Waals surface area contributed by atoms with Crippen molar-refractivity contribution in [1.82, 2.24) is 20.1 Å². The highest BCUT2D eigenvalue weighted by molar-refractivity contribution is 9.10. The molecule has 0 bridgehead atoms. The highest BCUT2D eigenvalue weighted by Crippen LogP contribution is 2.21.